The molecule has 1 fully saturated rings. The minimum absolute atomic E-state index is 0.408. The van der Waals surface area contributed by atoms with Crippen LogP contribution in [-0.2, 0) is 0 Å². The minimum Gasteiger partial charge on any atom is -0.302 e. The van der Waals surface area contributed by atoms with Gasteiger partial charge in [0.05, 0.1) is 6.07 Å². The SMILES string of the molecule is CCN(CCC#N)CC1(CS)CCCCCC1. The summed E-state index contributed by atoms with van der Waals surface area (Å²) in [4.78, 5) is 2.44. The van der Waals surface area contributed by atoms with Gasteiger partial charge in [0.2, 0.25) is 0 Å². The topological polar surface area (TPSA) is 27.0 Å². The third-order valence-corrected chi connectivity index (χ3v) is 4.72. The van der Waals surface area contributed by atoms with E-state index in [1.165, 1.54) is 38.5 Å². The molecular weight excluding hydrogens is 228 g/mol. The molecule has 1 rings (SSSR count). The molecule has 0 atom stereocenters. The van der Waals surface area contributed by atoms with Gasteiger partial charge >= 0.3 is 0 Å². The van der Waals surface area contributed by atoms with Crippen molar-refractivity contribution in [2.45, 2.75) is 51.9 Å². The van der Waals surface area contributed by atoms with E-state index >= 15 is 0 Å². The van der Waals surface area contributed by atoms with E-state index in [9.17, 15) is 0 Å². The largest absolute Gasteiger partial charge is 0.302 e. The van der Waals surface area contributed by atoms with Gasteiger partial charge in [-0.25, -0.2) is 0 Å². The summed E-state index contributed by atoms with van der Waals surface area (Å²) in [7, 11) is 0. The number of nitriles is 1. The first-order valence-corrected chi connectivity index (χ1v) is 7.60. The van der Waals surface area contributed by atoms with E-state index in [1.54, 1.807) is 0 Å². The fourth-order valence-electron chi connectivity index (χ4n) is 2.88. The minimum atomic E-state index is 0.408. The number of hydrogen-bond acceptors (Lipinski definition) is 3. The van der Waals surface area contributed by atoms with Crippen LogP contribution in [0.15, 0.2) is 0 Å². The molecule has 0 aromatic rings. The Labute approximate surface area is 112 Å². The molecule has 2 nitrogen and oxygen atoms in total. The Morgan fingerprint density at radius 1 is 1.24 bits per heavy atom. The zero-order valence-corrected chi connectivity index (χ0v) is 12.0. The van der Waals surface area contributed by atoms with E-state index in [1.807, 2.05) is 0 Å². The molecular formula is C14H26N2S. The molecule has 3 heteroatoms. The van der Waals surface area contributed by atoms with Crippen LogP contribution in [0.25, 0.3) is 0 Å². The van der Waals surface area contributed by atoms with Gasteiger partial charge in [-0.15, -0.1) is 0 Å². The maximum atomic E-state index is 8.69. The van der Waals surface area contributed by atoms with Gasteiger partial charge < -0.3 is 4.90 Å². The molecule has 17 heavy (non-hydrogen) atoms. The van der Waals surface area contributed by atoms with E-state index in [0.29, 0.717) is 11.8 Å². The van der Waals surface area contributed by atoms with Gasteiger partial charge in [-0.3, -0.25) is 0 Å². The van der Waals surface area contributed by atoms with Crippen molar-refractivity contribution in [3.05, 3.63) is 0 Å². The first-order chi connectivity index (χ1) is 8.26. The van der Waals surface area contributed by atoms with E-state index in [0.717, 1.165) is 25.4 Å². The second kappa shape index (κ2) is 8.00. The van der Waals surface area contributed by atoms with Gasteiger partial charge in [-0.2, -0.15) is 17.9 Å². The molecule has 0 heterocycles. The molecule has 1 saturated carbocycles. The van der Waals surface area contributed by atoms with Crippen molar-refractivity contribution in [1.29, 1.82) is 5.26 Å². The third kappa shape index (κ3) is 4.89. The molecule has 0 saturated heterocycles. The predicted octanol–water partition coefficient (Wildman–Crippen LogP) is 3.49. The van der Waals surface area contributed by atoms with Gasteiger partial charge in [0.1, 0.15) is 0 Å². The molecule has 0 spiro atoms. The molecule has 0 aliphatic heterocycles. The van der Waals surface area contributed by atoms with Crippen LogP contribution < -0.4 is 0 Å². The average Bonchev–Trinajstić information content (AvgIpc) is 2.60. The highest BCUT2D eigenvalue weighted by Crippen LogP contribution is 2.36. The van der Waals surface area contributed by atoms with Crippen LogP contribution in [0.3, 0.4) is 0 Å². The van der Waals surface area contributed by atoms with Crippen LogP contribution in [-0.4, -0.2) is 30.3 Å². The van der Waals surface area contributed by atoms with Crippen LogP contribution in [0.1, 0.15) is 51.9 Å². The second-order valence-electron chi connectivity index (χ2n) is 5.35. The van der Waals surface area contributed by atoms with Gasteiger partial charge in [-0.05, 0) is 30.6 Å². The van der Waals surface area contributed by atoms with Crippen molar-refractivity contribution in [1.82, 2.24) is 4.90 Å². The summed E-state index contributed by atoms with van der Waals surface area (Å²) in [6, 6.07) is 2.25. The number of hydrogen-bond donors (Lipinski definition) is 1. The molecule has 0 radical (unpaired) electrons. The zero-order valence-electron chi connectivity index (χ0n) is 11.1. The summed E-state index contributed by atoms with van der Waals surface area (Å²) in [5.41, 5.74) is 0.408. The van der Waals surface area contributed by atoms with Gasteiger partial charge in [0, 0.05) is 19.5 Å². The molecule has 0 aromatic heterocycles. The predicted molar refractivity (Wildman–Crippen MR) is 76.3 cm³/mol. The first-order valence-electron chi connectivity index (χ1n) is 6.96. The van der Waals surface area contributed by atoms with Crippen molar-refractivity contribution in [3.63, 3.8) is 0 Å². The fraction of sp³-hybridized carbons (Fsp3) is 0.929. The monoisotopic (exact) mass is 254 g/mol. The zero-order chi connectivity index (χ0) is 12.6. The standard InChI is InChI=1S/C14H26N2S/c1-2-16(11-7-10-15)12-14(13-17)8-5-3-4-6-9-14/h17H,2-9,11-13H2,1H3. The van der Waals surface area contributed by atoms with E-state index < -0.39 is 0 Å². The van der Waals surface area contributed by atoms with Crippen LogP contribution in [0, 0.1) is 16.7 Å². The van der Waals surface area contributed by atoms with E-state index in [2.05, 4.69) is 30.5 Å². The van der Waals surface area contributed by atoms with Crippen molar-refractivity contribution >= 4 is 12.6 Å². The fourth-order valence-corrected chi connectivity index (χ4v) is 3.29. The van der Waals surface area contributed by atoms with Crippen LogP contribution >= 0.6 is 12.6 Å². The van der Waals surface area contributed by atoms with Gasteiger partial charge in [0.25, 0.3) is 0 Å². The molecule has 0 bridgehead atoms. The summed E-state index contributed by atoms with van der Waals surface area (Å²) in [6.45, 7) is 5.30. The molecule has 0 N–H and O–H groups in total. The van der Waals surface area contributed by atoms with Crippen LogP contribution in [0.5, 0.6) is 0 Å². The summed E-state index contributed by atoms with van der Waals surface area (Å²) in [5, 5.41) is 8.69. The average molecular weight is 254 g/mol. The number of nitrogens with zero attached hydrogens (tertiary/aromatic N) is 2. The lowest BCUT2D eigenvalue weighted by molar-refractivity contribution is 0.158. The Bertz CT molecular complexity index is 239. The maximum Gasteiger partial charge on any atom is 0.0635 e. The van der Waals surface area contributed by atoms with E-state index in [-0.39, 0.29) is 0 Å². The molecule has 0 unspecified atom stereocenters. The van der Waals surface area contributed by atoms with Crippen molar-refractivity contribution < 1.29 is 0 Å². The lowest BCUT2D eigenvalue weighted by Gasteiger charge is -2.36. The highest BCUT2D eigenvalue weighted by Gasteiger charge is 2.31. The molecule has 98 valence electrons. The Morgan fingerprint density at radius 3 is 2.35 bits per heavy atom. The van der Waals surface area contributed by atoms with Crippen molar-refractivity contribution in [2.24, 2.45) is 5.41 Å². The molecule has 0 amide bonds. The third-order valence-electron chi connectivity index (χ3n) is 4.05. The Balaban J connectivity index is 2.55. The number of thiol groups is 1. The van der Waals surface area contributed by atoms with Crippen molar-refractivity contribution in [2.75, 3.05) is 25.4 Å². The maximum absolute atomic E-state index is 8.69. The van der Waals surface area contributed by atoms with Crippen LogP contribution in [0.4, 0.5) is 0 Å². The first kappa shape index (κ1) is 14.9. The molecule has 1 aliphatic rings. The van der Waals surface area contributed by atoms with Crippen LogP contribution in [0.2, 0.25) is 0 Å². The Morgan fingerprint density at radius 2 is 1.88 bits per heavy atom. The van der Waals surface area contributed by atoms with Crippen molar-refractivity contribution in [3.8, 4) is 6.07 Å². The Hall–Kier alpha value is -0.200. The Kier molecular flexibility index (Phi) is 6.99. The smallest absolute Gasteiger partial charge is 0.0635 e. The lowest BCUT2D eigenvalue weighted by Crippen LogP contribution is -2.39. The van der Waals surface area contributed by atoms with E-state index in [4.69, 9.17) is 5.26 Å². The quantitative estimate of drug-likeness (QED) is 0.580. The molecule has 1 aliphatic carbocycles. The number of rotatable bonds is 6. The highest BCUT2D eigenvalue weighted by molar-refractivity contribution is 7.80. The summed E-state index contributed by atoms with van der Waals surface area (Å²) in [5.74, 6) is 0.996. The second-order valence-corrected chi connectivity index (χ2v) is 5.67. The lowest BCUT2D eigenvalue weighted by atomic mass is 9.81. The highest BCUT2D eigenvalue weighted by atomic mass is 32.1. The summed E-state index contributed by atoms with van der Waals surface area (Å²) in [6.07, 6.45) is 8.78. The van der Waals surface area contributed by atoms with Gasteiger partial charge in [-0.1, -0.05) is 32.6 Å². The van der Waals surface area contributed by atoms with Gasteiger partial charge in [0.15, 0.2) is 0 Å². The molecule has 0 aromatic carbocycles. The summed E-state index contributed by atoms with van der Waals surface area (Å²) >= 11 is 4.61. The summed E-state index contributed by atoms with van der Waals surface area (Å²) < 4.78 is 0. The normalized spacial score (nSPS) is 19.9.